The lowest BCUT2D eigenvalue weighted by molar-refractivity contribution is 0.415. The number of nitrogens with two attached hydrogens (primary N) is 1. The lowest BCUT2D eigenvalue weighted by Gasteiger charge is -2.22. The zero-order chi connectivity index (χ0) is 13.8. The second kappa shape index (κ2) is 5.97. The van der Waals surface area contributed by atoms with E-state index in [-0.39, 0.29) is 0 Å². The smallest absolute Gasteiger partial charge is 0.121 e. The lowest BCUT2D eigenvalue weighted by Crippen LogP contribution is -2.18. The molecule has 0 aliphatic heterocycles. The summed E-state index contributed by atoms with van der Waals surface area (Å²) in [6.07, 6.45) is 0. The van der Waals surface area contributed by atoms with Crippen molar-refractivity contribution in [3.8, 4) is 5.75 Å². The summed E-state index contributed by atoms with van der Waals surface area (Å²) < 4.78 is 6.27. The average Bonchev–Trinajstić information content (AvgIpc) is 2.41. The van der Waals surface area contributed by atoms with E-state index in [1.807, 2.05) is 43.4 Å². The molecule has 0 saturated carbocycles. The van der Waals surface area contributed by atoms with Crippen molar-refractivity contribution < 1.29 is 4.74 Å². The summed E-state index contributed by atoms with van der Waals surface area (Å²) in [5.74, 6) is 0.774. The molecule has 4 heteroatoms. The SMILES string of the molecule is COc1ccc(N(C)Cc2ccccc2Br)c(N)c1. The van der Waals surface area contributed by atoms with Gasteiger partial charge in [-0.2, -0.15) is 0 Å². The second-order valence-electron chi connectivity index (χ2n) is 4.37. The lowest BCUT2D eigenvalue weighted by atomic mass is 10.2. The van der Waals surface area contributed by atoms with Gasteiger partial charge < -0.3 is 15.4 Å². The Morgan fingerprint density at radius 1 is 1.21 bits per heavy atom. The first-order valence-corrected chi connectivity index (χ1v) is 6.79. The van der Waals surface area contributed by atoms with Gasteiger partial charge in [-0.3, -0.25) is 0 Å². The summed E-state index contributed by atoms with van der Waals surface area (Å²) >= 11 is 3.56. The van der Waals surface area contributed by atoms with Crippen molar-refractivity contribution in [3.63, 3.8) is 0 Å². The molecule has 0 amide bonds. The number of ether oxygens (including phenoxy) is 1. The largest absolute Gasteiger partial charge is 0.497 e. The molecule has 0 atom stereocenters. The first-order valence-electron chi connectivity index (χ1n) is 6.00. The van der Waals surface area contributed by atoms with Crippen LogP contribution in [-0.4, -0.2) is 14.2 Å². The summed E-state index contributed by atoms with van der Waals surface area (Å²) in [7, 11) is 3.66. The van der Waals surface area contributed by atoms with E-state index in [2.05, 4.69) is 26.9 Å². The highest BCUT2D eigenvalue weighted by atomic mass is 79.9. The molecule has 0 aliphatic carbocycles. The van der Waals surface area contributed by atoms with Crippen LogP contribution in [0.25, 0.3) is 0 Å². The molecule has 3 nitrogen and oxygen atoms in total. The maximum Gasteiger partial charge on any atom is 0.121 e. The maximum atomic E-state index is 6.06. The third-order valence-corrected chi connectivity index (χ3v) is 3.78. The van der Waals surface area contributed by atoms with Crippen LogP contribution < -0.4 is 15.4 Å². The molecule has 0 heterocycles. The molecule has 0 fully saturated rings. The zero-order valence-corrected chi connectivity index (χ0v) is 12.6. The van der Waals surface area contributed by atoms with Crippen molar-refractivity contribution >= 4 is 27.3 Å². The van der Waals surface area contributed by atoms with Crippen LogP contribution in [0, 0.1) is 0 Å². The maximum absolute atomic E-state index is 6.06. The van der Waals surface area contributed by atoms with Crippen LogP contribution in [0.4, 0.5) is 11.4 Å². The molecule has 2 aromatic carbocycles. The first kappa shape index (κ1) is 13.7. The van der Waals surface area contributed by atoms with Gasteiger partial charge >= 0.3 is 0 Å². The highest BCUT2D eigenvalue weighted by molar-refractivity contribution is 9.10. The molecule has 2 N–H and O–H groups in total. The van der Waals surface area contributed by atoms with E-state index < -0.39 is 0 Å². The Kier molecular flexibility index (Phi) is 4.32. The van der Waals surface area contributed by atoms with E-state index >= 15 is 0 Å². The summed E-state index contributed by atoms with van der Waals surface area (Å²) in [5, 5.41) is 0. The minimum absolute atomic E-state index is 0.717. The predicted octanol–water partition coefficient (Wildman–Crippen LogP) is 3.68. The molecule has 0 aromatic heterocycles. The van der Waals surface area contributed by atoms with Crippen LogP contribution in [0.2, 0.25) is 0 Å². The average molecular weight is 321 g/mol. The van der Waals surface area contributed by atoms with Crippen LogP contribution in [0.15, 0.2) is 46.9 Å². The highest BCUT2D eigenvalue weighted by Gasteiger charge is 2.08. The fraction of sp³-hybridized carbons (Fsp3) is 0.200. The number of methoxy groups -OCH3 is 1. The van der Waals surface area contributed by atoms with E-state index in [9.17, 15) is 0 Å². The normalized spacial score (nSPS) is 10.3. The van der Waals surface area contributed by atoms with Gasteiger partial charge in [-0.25, -0.2) is 0 Å². The number of nitrogen functional groups attached to an aromatic ring is 1. The highest BCUT2D eigenvalue weighted by Crippen LogP contribution is 2.28. The van der Waals surface area contributed by atoms with Crippen LogP contribution in [0.3, 0.4) is 0 Å². The Balaban J connectivity index is 2.21. The molecule has 0 radical (unpaired) electrons. The van der Waals surface area contributed by atoms with E-state index in [0.29, 0.717) is 5.69 Å². The van der Waals surface area contributed by atoms with Crippen LogP contribution in [0.1, 0.15) is 5.56 Å². The number of rotatable bonds is 4. The molecule has 19 heavy (non-hydrogen) atoms. The van der Waals surface area contributed by atoms with Crippen LogP contribution in [0.5, 0.6) is 5.75 Å². The molecule has 2 rings (SSSR count). The number of hydrogen-bond acceptors (Lipinski definition) is 3. The van der Waals surface area contributed by atoms with Gasteiger partial charge in [0, 0.05) is 24.1 Å². The van der Waals surface area contributed by atoms with Gasteiger partial charge in [0.2, 0.25) is 0 Å². The summed E-state index contributed by atoms with van der Waals surface area (Å²) in [6, 6.07) is 13.9. The monoisotopic (exact) mass is 320 g/mol. The molecule has 0 aliphatic rings. The predicted molar refractivity (Wildman–Crippen MR) is 83.7 cm³/mol. The molecule has 0 bridgehead atoms. The summed E-state index contributed by atoms with van der Waals surface area (Å²) in [4.78, 5) is 2.12. The molecule has 0 unspecified atom stereocenters. The Morgan fingerprint density at radius 3 is 2.58 bits per heavy atom. The van der Waals surface area contributed by atoms with Gasteiger partial charge in [0.1, 0.15) is 5.75 Å². The molecule has 100 valence electrons. The van der Waals surface area contributed by atoms with E-state index in [1.54, 1.807) is 7.11 Å². The zero-order valence-electron chi connectivity index (χ0n) is 11.1. The molecule has 0 saturated heterocycles. The van der Waals surface area contributed by atoms with Crippen LogP contribution >= 0.6 is 15.9 Å². The van der Waals surface area contributed by atoms with Gasteiger partial charge in [0.15, 0.2) is 0 Å². The summed E-state index contributed by atoms with van der Waals surface area (Å²) in [6.45, 7) is 0.790. The van der Waals surface area contributed by atoms with Crippen molar-refractivity contribution in [2.24, 2.45) is 0 Å². The third-order valence-electron chi connectivity index (χ3n) is 3.01. The van der Waals surface area contributed by atoms with Crippen molar-refractivity contribution in [1.82, 2.24) is 0 Å². The molecule has 0 spiro atoms. The topological polar surface area (TPSA) is 38.5 Å². The van der Waals surface area contributed by atoms with Gasteiger partial charge in [0.05, 0.1) is 18.5 Å². The summed E-state index contributed by atoms with van der Waals surface area (Å²) in [5.41, 5.74) is 8.99. The quantitative estimate of drug-likeness (QED) is 0.873. The van der Waals surface area contributed by atoms with E-state index in [0.717, 1.165) is 22.5 Å². The third kappa shape index (κ3) is 3.20. The van der Waals surface area contributed by atoms with Crippen LogP contribution in [-0.2, 0) is 6.54 Å². The fourth-order valence-corrected chi connectivity index (χ4v) is 2.38. The van der Waals surface area contributed by atoms with Gasteiger partial charge in [-0.05, 0) is 23.8 Å². The van der Waals surface area contributed by atoms with Gasteiger partial charge in [-0.15, -0.1) is 0 Å². The molecular formula is C15H17BrN2O. The first-order chi connectivity index (χ1) is 9.11. The molecular weight excluding hydrogens is 304 g/mol. The number of hydrogen-bond donors (Lipinski definition) is 1. The van der Waals surface area contributed by atoms with Crippen molar-refractivity contribution in [3.05, 3.63) is 52.5 Å². The standard InChI is InChI=1S/C15H17BrN2O/c1-18(10-11-5-3-4-6-13(11)16)15-8-7-12(19-2)9-14(15)17/h3-9H,10,17H2,1-2H3. The Morgan fingerprint density at radius 2 is 1.95 bits per heavy atom. The number of halogens is 1. The van der Waals surface area contributed by atoms with Gasteiger partial charge in [0.25, 0.3) is 0 Å². The molecule has 2 aromatic rings. The van der Waals surface area contributed by atoms with Gasteiger partial charge in [-0.1, -0.05) is 34.1 Å². The number of nitrogens with zero attached hydrogens (tertiary/aromatic N) is 1. The minimum atomic E-state index is 0.717. The van der Waals surface area contributed by atoms with Crippen molar-refractivity contribution in [2.75, 3.05) is 24.8 Å². The fourth-order valence-electron chi connectivity index (χ4n) is 1.97. The Bertz CT molecular complexity index is 572. The second-order valence-corrected chi connectivity index (χ2v) is 5.23. The Hall–Kier alpha value is -1.68. The Labute approximate surface area is 122 Å². The van der Waals surface area contributed by atoms with E-state index in [4.69, 9.17) is 10.5 Å². The van der Waals surface area contributed by atoms with Crippen molar-refractivity contribution in [2.45, 2.75) is 6.54 Å². The van der Waals surface area contributed by atoms with Crippen molar-refractivity contribution in [1.29, 1.82) is 0 Å². The number of anilines is 2. The number of benzene rings is 2. The van der Waals surface area contributed by atoms with E-state index in [1.165, 1.54) is 5.56 Å². The minimum Gasteiger partial charge on any atom is -0.497 e.